The lowest BCUT2D eigenvalue weighted by Gasteiger charge is -2.31. The molecule has 0 fully saturated rings. The molecule has 0 aromatic heterocycles. The van der Waals surface area contributed by atoms with Gasteiger partial charge in [0, 0.05) is 18.2 Å². The molecule has 1 heterocycles. The Labute approximate surface area is 110 Å². The number of nitrogens with one attached hydrogen (secondary N) is 1. The summed E-state index contributed by atoms with van der Waals surface area (Å²) >= 11 is 0. The van der Waals surface area contributed by atoms with Crippen LogP contribution in [0.2, 0.25) is 0 Å². The monoisotopic (exact) mass is 248 g/mol. The van der Waals surface area contributed by atoms with Crippen molar-refractivity contribution in [3.05, 3.63) is 29.8 Å². The van der Waals surface area contributed by atoms with E-state index in [9.17, 15) is 0 Å². The number of nitrogens with zero attached hydrogens (tertiary/aromatic N) is 1. The molecule has 0 radical (unpaired) electrons. The van der Waals surface area contributed by atoms with Gasteiger partial charge in [-0.15, -0.1) is 0 Å². The molecular formula is C15H24N2O. The summed E-state index contributed by atoms with van der Waals surface area (Å²) in [5.41, 5.74) is 1.08. The van der Waals surface area contributed by atoms with E-state index in [1.54, 1.807) is 0 Å². The molecule has 1 aromatic rings. The fourth-order valence-electron chi connectivity index (χ4n) is 2.70. The van der Waals surface area contributed by atoms with Crippen molar-refractivity contribution in [2.45, 2.75) is 38.5 Å². The summed E-state index contributed by atoms with van der Waals surface area (Å²) in [5, 5.41) is 3.69. The predicted octanol–water partition coefficient (Wildman–Crippen LogP) is 2.44. The quantitative estimate of drug-likeness (QED) is 0.885. The highest BCUT2D eigenvalue weighted by Crippen LogP contribution is 2.42. The first-order chi connectivity index (χ1) is 8.40. The van der Waals surface area contributed by atoms with Crippen molar-refractivity contribution in [3.8, 4) is 5.75 Å². The van der Waals surface area contributed by atoms with E-state index in [1.165, 1.54) is 5.56 Å². The Balaban J connectivity index is 2.16. The summed E-state index contributed by atoms with van der Waals surface area (Å²) in [5.74, 6) is 1.01. The van der Waals surface area contributed by atoms with Crippen molar-refractivity contribution >= 4 is 0 Å². The molecule has 3 heteroatoms. The summed E-state index contributed by atoms with van der Waals surface area (Å²) in [4.78, 5) is 2.20. The molecule has 0 saturated heterocycles. The van der Waals surface area contributed by atoms with Crippen LogP contribution in [0.25, 0.3) is 0 Å². The Hall–Kier alpha value is -1.06. The van der Waals surface area contributed by atoms with Gasteiger partial charge in [-0.25, -0.2) is 0 Å². The van der Waals surface area contributed by atoms with Crippen LogP contribution in [0.1, 0.15) is 32.4 Å². The van der Waals surface area contributed by atoms with Crippen LogP contribution in [-0.2, 0) is 0 Å². The van der Waals surface area contributed by atoms with Gasteiger partial charge in [-0.2, -0.15) is 0 Å². The number of likely N-dealkylation sites (N-methyl/N-ethyl adjacent to an activating group) is 1. The van der Waals surface area contributed by atoms with E-state index in [1.807, 2.05) is 6.07 Å². The van der Waals surface area contributed by atoms with Crippen LogP contribution in [0.4, 0.5) is 0 Å². The molecule has 0 spiro atoms. The summed E-state index contributed by atoms with van der Waals surface area (Å²) < 4.78 is 6.04. The Kier molecular flexibility index (Phi) is 3.64. The Morgan fingerprint density at radius 1 is 1.33 bits per heavy atom. The van der Waals surface area contributed by atoms with Gasteiger partial charge in [0.1, 0.15) is 11.4 Å². The maximum absolute atomic E-state index is 6.04. The highest BCUT2D eigenvalue weighted by Gasteiger charge is 2.41. The first kappa shape index (κ1) is 13.4. The highest BCUT2D eigenvalue weighted by molar-refractivity contribution is 5.42. The Morgan fingerprint density at radius 2 is 2.00 bits per heavy atom. The fourth-order valence-corrected chi connectivity index (χ4v) is 2.70. The van der Waals surface area contributed by atoms with E-state index < -0.39 is 0 Å². The second-order valence-corrected chi connectivity index (χ2v) is 6.01. The third kappa shape index (κ3) is 2.68. The summed E-state index contributed by atoms with van der Waals surface area (Å²) in [6.07, 6.45) is 0. The average Bonchev–Trinajstić information content (AvgIpc) is 2.49. The number of rotatable bonds is 4. The molecule has 0 amide bonds. The number of hydrogen-bond donors (Lipinski definition) is 1. The highest BCUT2D eigenvalue weighted by atomic mass is 16.5. The minimum absolute atomic E-state index is 0.190. The molecule has 0 bridgehead atoms. The summed E-state index contributed by atoms with van der Waals surface area (Å²) in [6.45, 7) is 7.53. The van der Waals surface area contributed by atoms with E-state index in [0.29, 0.717) is 6.04 Å². The molecule has 0 saturated carbocycles. The lowest BCUT2D eigenvalue weighted by molar-refractivity contribution is 0.0899. The number of hydrogen-bond acceptors (Lipinski definition) is 3. The number of para-hydroxylation sites is 1. The smallest absolute Gasteiger partial charge is 0.125 e. The zero-order valence-corrected chi connectivity index (χ0v) is 12.0. The van der Waals surface area contributed by atoms with Crippen LogP contribution in [-0.4, -0.2) is 37.2 Å². The topological polar surface area (TPSA) is 24.5 Å². The average molecular weight is 248 g/mol. The lowest BCUT2D eigenvalue weighted by atomic mass is 9.94. The Bertz CT molecular complexity index is 415. The van der Waals surface area contributed by atoms with Crippen molar-refractivity contribution in [2.75, 3.05) is 20.6 Å². The molecule has 100 valence electrons. The molecule has 1 aromatic carbocycles. The Morgan fingerprint density at radius 3 is 2.67 bits per heavy atom. The van der Waals surface area contributed by atoms with Gasteiger partial charge in [-0.05, 0) is 40.9 Å². The summed E-state index contributed by atoms with van der Waals surface area (Å²) in [6, 6.07) is 9.00. The normalized spacial score (nSPS) is 22.7. The second kappa shape index (κ2) is 4.90. The molecule has 2 unspecified atom stereocenters. The van der Waals surface area contributed by atoms with Crippen molar-refractivity contribution in [3.63, 3.8) is 0 Å². The minimum Gasteiger partial charge on any atom is -0.486 e. The number of fused-ring (bicyclic) bond motifs is 1. The summed E-state index contributed by atoms with van der Waals surface area (Å²) in [7, 11) is 4.20. The van der Waals surface area contributed by atoms with Crippen LogP contribution in [0, 0.1) is 0 Å². The molecule has 2 atom stereocenters. The van der Waals surface area contributed by atoms with Gasteiger partial charge in [0.25, 0.3) is 0 Å². The van der Waals surface area contributed by atoms with Crippen LogP contribution in [0.3, 0.4) is 0 Å². The molecule has 1 N–H and O–H groups in total. The van der Waals surface area contributed by atoms with Crippen LogP contribution < -0.4 is 10.1 Å². The zero-order chi connectivity index (χ0) is 13.3. The van der Waals surface area contributed by atoms with Crippen molar-refractivity contribution in [1.29, 1.82) is 0 Å². The van der Waals surface area contributed by atoms with Gasteiger partial charge in [-0.1, -0.05) is 18.2 Å². The van der Waals surface area contributed by atoms with Crippen molar-refractivity contribution < 1.29 is 4.74 Å². The third-order valence-electron chi connectivity index (χ3n) is 3.39. The first-order valence-corrected chi connectivity index (χ1v) is 6.59. The number of benzene rings is 1. The molecule has 18 heavy (non-hydrogen) atoms. The predicted molar refractivity (Wildman–Crippen MR) is 75.0 cm³/mol. The van der Waals surface area contributed by atoms with Crippen molar-refractivity contribution in [1.82, 2.24) is 10.2 Å². The van der Waals surface area contributed by atoms with E-state index in [4.69, 9.17) is 4.74 Å². The van der Waals surface area contributed by atoms with Gasteiger partial charge < -0.3 is 15.0 Å². The van der Waals surface area contributed by atoms with E-state index in [2.05, 4.69) is 63.3 Å². The standard InChI is InChI=1S/C15H24N2O/c1-11(10-17(4)5)16-14-12-8-6-7-9-13(12)18-15(14,2)3/h6-9,11,14,16H,10H2,1-5H3. The van der Waals surface area contributed by atoms with Gasteiger partial charge in [0.05, 0.1) is 6.04 Å². The van der Waals surface area contributed by atoms with Crippen molar-refractivity contribution in [2.24, 2.45) is 0 Å². The minimum atomic E-state index is -0.190. The molecule has 2 rings (SSSR count). The lowest BCUT2D eigenvalue weighted by Crippen LogP contribution is -2.45. The number of ether oxygens (including phenoxy) is 1. The molecule has 0 aliphatic carbocycles. The maximum Gasteiger partial charge on any atom is 0.125 e. The third-order valence-corrected chi connectivity index (χ3v) is 3.39. The van der Waals surface area contributed by atoms with Gasteiger partial charge >= 0.3 is 0 Å². The molecule has 1 aliphatic rings. The second-order valence-electron chi connectivity index (χ2n) is 6.01. The van der Waals surface area contributed by atoms with E-state index >= 15 is 0 Å². The fraction of sp³-hybridized carbons (Fsp3) is 0.600. The van der Waals surface area contributed by atoms with Gasteiger partial charge in [-0.3, -0.25) is 0 Å². The maximum atomic E-state index is 6.04. The van der Waals surface area contributed by atoms with E-state index in [0.717, 1.165) is 12.3 Å². The molecular weight excluding hydrogens is 224 g/mol. The first-order valence-electron chi connectivity index (χ1n) is 6.59. The zero-order valence-electron chi connectivity index (χ0n) is 12.0. The van der Waals surface area contributed by atoms with Crippen LogP contribution >= 0.6 is 0 Å². The SMILES string of the molecule is CC(CN(C)C)NC1c2ccccc2OC1(C)C. The molecule has 1 aliphatic heterocycles. The van der Waals surface area contributed by atoms with Crippen LogP contribution in [0.15, 0.2) is 24.3 Å². The van der Waals surface area contributed by atoms with Gasteiger partial charge in [0.15, 0.2) is 0 Å². The van der Waals surface area contributed by atoms with Gasteiger partial charge in [0.2, 0.25) is 0 Å². The van der Waals surface area contributed by atoms with E-state index in [-0.39, 0.29) is 11.6 Å². The van der Waals surface area contributed by atoms with Crippen LogP contribution in [0.5, 0.6) is 5.75 Å². The largest absolute Gasteiger partial charge is 0.486 e. The molecule has 3 nitrogen and oxygen atoms in total.